The molecule has 0 aliphatic rings. The summed E-state index contributed by atoms with van der Waals surface area (Å²) in [5, 5.41) is 18.3. The first-order valence-corrected chi connectivity index (χ1v) is 8.49. The summed E-state index contributed by atoms with van der Waals surface area (Å²) in [5.74, 6) is -0.837. The molecule has 0 heterocycles. The van der Waals surface area contributed by atoms with Crippen molar-refractivity contribution < 1.29 is 24.2 Å². The van der Waals surface area contributed by atoms with Crippen LogP contribution >= 0.6 is 0 Å². The van der Waals surface area contributed by atoms with Gasteiger partial charge in [0.25, 0.3) is 5.91 Å². The van der Waals surface area contributed by atoms with Gasteiger partial charge in [0, 0.05) is 18.3 Å². The van der Waals surface area contributed by atoms with Gasteiger partial charge in [0.1, 0.15) is 0 Å². The summed E-state index contributed by atoms with van der Waals surface area (Å²) in [4.78, 5) is 25.7. The second-order valence-corrected chi connectivity index (χ2v) is 5.66. The zero-order valence-corrected chi connectivity index (χ0v) is 15.4. The Morgan fingerprint density at radius 1 is 1.21 bits per heavy atom. The van der Waals surface area contributed by atoms with E-state index in [-0.39, 0.29) is 24.5 Å². The Bertz CT molecular complexity index is 887. The molecule has 0 bridgehead atoms. The predicted molar refractivity (Wildman–Crippen MR) is 104 cm³/mol. The summed E-state index contributed by atoms with van der Waals surface area (Å²) in [6.45, 7) is -0.234. The van der Waals surface area contributed by atoms with Crippen molar-refractivity contribution in [3.05, 3.63) is 60.2 Å². The maximum Gasteiger partial charge on any atom is 0.331 e. The van der Waals surface area contributed by atoms with Gasteiger partial charge >= 0.3 is 5.97 Å². The van der Waals surface area contributed by atoms with Crippen LogP contribution in [-0.2, 0) is 14.3 Å². The van der Waals surface area contributed by atoms with Crippen LogP contribution in [0.1, 0.15) is 12.0 Å². The summed E-state index contributed by atoms with van der Waals surface area (Å²) < 4.78 is 10.0. The number of benzene rings is 2. The number of anilines is 1. The van der Waals surface area contributed by atoms with Crippen molar-refractivity contribution >= 4 is 23.6 Å². The van der Waals surface area contributed by atoms with Gasteiger partial charge in [-0.1, -0.05) is 24.3 Å². The summed E-state index contributed by atoms with van der Waals surface area (Å²) in [6, 6.07) is 15.5. The third kappa shape index (κ3) is 5.88. The predicted octanol–water partition coefficient (Wildman–Crippen LogP) is 2.90. The van der Waals surface area contributed by atoms with Crippen LogP contribution < -0.4 is 9.64 Å². The number of nitrogens with zero attached hydrogens (tertiary/aromatic N) is 2. The van der Waals surface area contributed by atoms with Gasteiger partial charge < -0.3 is 19.5 Å². The number of hydrogen-bond donors (Lipinski definition) is 1. The number of esters is 1. The number of carbonyl (C=O) groups is 2. The Morgan fingerprint density at radius 3 is 2.64 bits per heavy atom. The van der Waals surface area contributed by atoms with Crippen LogP contribution in [-0.4, -0.2) is 37.2 Å². The average Bonchev–Trinajstić information content (AvgIpc) is 2.72. The van der Waals surface area contributed by atoms with E-state index in [1.165, 1.54) is 30.2 Å². The van der Waals surface area contributed by atoms with E-state index in [4.69, 9.17) is 14.7 Å². The van der Waals surface area contributed by atoms with E-state index in [1.54, 1.807) is 36.4 Å². The van der Waals surface area contributed by atoms with Crippen LogP contribution in [0.3, 0.4) is 0 Å². The van der Waals surface area contributed by atoms with Crippen molar-refractivity contribution in [3.8, 4) is 17.6 Å². The lowest BCUT2D eigenvalue weighted by Gasteiger charge is -2.21. The van der Waals surface area contributed by atoms with Crippen LogP contribution in [0.15, 0.2) is 54.6 Å². The van der Waals surface area contributed by atoms with Gasteiger partial charge in [0.15, 0.2) is 18.1 Å². The minimum atomic E-state index is -0.686. The van der Waals surface area contributed by atoms with Crippen molar-refractivity contribution in [3.63, 3.8) is 0 Å². The second kappa shape index (κ2) is 10.4. The number of rotatable bonds is 8. The average molecular weight is 380 g/mol. The third-order valence-electron chi connectivity index (χ3n) is 3.77. The molecule has 0 atom stereocenters. The summed E-state index contributed by atoms with van der Waals surface area (Å²) in [5.41, 5.74) is 1.25. The lowest BCUT2D eigenvalue weighted by Crippen LogP contribution is -2.35. The fourth-order valence-electron chi connectivity index (χ4n) is 2.39. The Balaban J connectivity index is 1.96. The maximum absolute atomic E-state index is 12.4. The maximum atomic E-state index is 12.4. The largest absolute Gasteiger partial charge is 0.504 e. The number of phenols is 1. The molecule has 2 aromatic carbocycles. The third-order valence-corrected chi connectivity index (χ3v) is 3.77. The molecule has 0 aliphatic carbocycles. The van der Waals surface area contributed by atoms with Gasteiger partial charge in [-0.05, 0) is 35.9 Å². The lowest BCUT2D eigenvalue weighted by molar-refractivity contribution is -0.142. The second-order valence-electron chi connectivity index (χ2n) is 5.66. The minimum Gasteiger partial charge on any atom is -0.504 e. The molecule has 7 nitrogen and oxygen atoms in total. The van der Waals surface area contributed by atoms with Crippen LogP contribution in [0.2, 0.25) is 0 Å². The number of aromatic hydroxyl groups is 1. The molecule has 1 amide bonds. The standard InChI is InChI=1S/C21H20N2O5/c1-27-19-14-16(8-10-18(19)24)9-11-21(26)28-15-20(25)23(13-5-12-22)17-6-3-2-4-7-17/h2-4,6-11,14,24H,5,13,15H2,1H3/b11-9+. The number of methoxy groups -OCH3 is 1. The fourth-order valence-corrected chi connectivity index (χ4v) is 2.39. The highest BCUT2D eigenvalue weighted by Crippen LogP contribution is 2.26. The molecule has 28 heavy (non-hydrogen) atoms. The molecule has 0 fully saturated rings. The van der Waals surface area contributed by atoms with E-state index in [0.29, 0.717) is 11.3 Å². The summed E-state index contributed by atoms with van der Waals surface area (Å²) in [7, 11) is 1.42. The first kappa shape index (κ1) is 20.5. The molecular formula is C21H20N2O5. The highest BCUT2D eigenvalue weighted by molar-refractivity contribution is 5.96. The number of ether oxygens (including phenoxy) is 2. The van der Waals surface area contributed by atoms with Crippen molar-refractivity contribution in [2.75, 3.05) is 25.2 Å². The van der Waals surface area contributed by atoms with Gasteiger partial charge in [-0.3, -0.25) is 4.79 Å². The number of hydrogen-bond acceptors (Lipinski definition) is 6. The molecule has 1 N–H and O–H groups in total. The molecule has 0 unspecified atom stereocenters. The number of para-hydroxylation sites is 1. The molecule has 0 aliphatic heterocycles. The summed E-state index contributed by atoms with van der Waals surface area (Å²) >= 11 is 0. The van der Waals surface area contributed by atoms with Crippen molar-refractivity contribution in [1.82, 2.24) is 0 Å². The number of nitriles is 1. The molecule has 0 spiro atoms. The van der Waals surface area contributed by atoms with E-state index in [2.05, 4.69) is 0 Å². The van der Waals surface area contributed by atoms with Gasteiger partial charge in [-0.25, -0.2) is 4.79 Å². The first-order valence-electron chi connectivity index (χ1n) is 8.49. The van der Waals surface area contributed by atoms with Crippen molar-refractivity contribution in [2.45, 2.75) is 6.42 Å². The van der Waals surface area contributed by atoms with Crippen molar-refractivity contribution in [1.29, 1.82) is 5.26 Å². The van der Waals surface area contributed by atoms with E-state index in [1.807, 2.05) is 12.1 Å². The quantitative estimate of drug-likeness (QED) is 0.558. The normalized spacial score (nSPS) is 10.3. The van der Waals surface area contributed by atoms with Crippen LogP contribution in [0.4, 0.5) is 5.69 Å². The Morgan fingerprint density at radius 2 is 1.96 bits per heavy atom. The Hall–Kier alpha value is -3.79. The highest BCUT2D eigenvalue weighted by Gasteiger charge is 2.16. The van der Waals surface area contributed by atoms with Gasteiger partial charge in [-0.15, -0.1) is 0 Å². The van der Waals surface area contributed by atoms with Crippen LogP contribution in [0.25, 0.3) is 6.08 Å². The Kier molecular flexibility index (Phi) is 7.61. The SMILES string of the molecule is COc1cc(/C=C/C(=O)OCC(=O)N(CCC#N)c2ccccc2)ccc1O. The topological polar surface area (TPSA) is 99.9 Å². The number of phenolic OH excluding ortho intramolecular Hbond substituents is 1. The fraction of sp³-hybridized carbons (Fsp3) is 0.190. The molecule has 2 rings (SSSR count). The first-order chi connectivity index (χ1) is 13.5. The van der Waals surface area contributed by atoms with Crippen LogP contribution in [0.5, 0.6) is 11.5 Å². The van der Waals surface area contributed by atoms with Gasteiger partial charge in [0.05, 0.1) is 19.6 Å². The smallest absolute Gasteiger partial charge is 0.331 e. The van der Waals surface area contributed by atoms with E-state index in [9.17, 15) is 14.7 Å². The van der Waals surface area contributed by atoms with Gasteiger partial charge in [-0.2, -0.15) is 5.26 Å². The van der Waals surface area contributed by atoms with E-state index >= 15 is 0 Å². The molecule has 0 aromatic heterocycles. The van der Waals surface area contributed by atoms with E-state index < -0.39 is 18.5 Å². The van der Waals surface area contributed by atoms with Crippen LogP contribution in [0, 0.1) is 11.3 Å². The molecule has 2 aromatic rings. The minimum absolute atomic E-state index is 0.00815. The zero-order chi connectivity index (χ0) is 20.4. The highest BCUT2D eigenvalue weighted by atomic mass is 16.5. The number of carbonyl (C=O) groups excluding carboxylic acids is 2. The molecule has 0 saturated carbocycles. The van der Waals surface area contributed by atoms with E-state index in [0.717, 1.165) is 0 Å². The molecule has 144 valence electrons. The Labute approximate surface area is 163 Å². The molecule has 0 saturated heterocycles. The molecule has 0 radical (unpaired) electrons. The van der Waals surface area contributed by atoms with Crippen molar-refractivity contribution in [2.24, 2.45) is 0 Å². The molecular weight excluding hydrogens is 360 g/mol. The monoisotopic (exact) mass is 380 g/mol. The zero-order valence-electron chi connectivity index (χ0n) is 15.4. The number of amides is 1. The lowest BCUT2D eigenvalue weighted by atomic mass is 10.2. The van der Waals surface area contributed by atoms with Gasteiger partial charge in [0.2, 0.25) is 0 Å². The summed E-state index contributed by atoms with van der Waals surface area (Å²) in [6.07, 6.45) is 2.83. The molecule has 7 heteroatoms.